The Kier molecular flexibility index (Phi) is 3.81. The molecule has 1 unspecified atom stereocenters. The predicted molar refractivity (Wildman–Crippen MR) is 51.6 cm³/mol. The Hall–Kier alpha value is 0.210. The van der Waals surface area contributed by atoms with E-state index in [0.717, 1.165) is 32.5 Å². The molecule has 0 aromatic heterocycles. The average molecular weight is 192 g/mol. The lowest BCUT2D eigenvalue weighted by Gasteiger charge is -2.36. The van der Waals surface area contributed by atoms with Crippen LogP contribution in [0.3, 0.4) is 0 Å². The van der Waals surface area contributed by atoms with Crippen molar-refractivity contribution < 1.29 is 4.74 Å². The fraction of sp³-hybridized carbons (Fsp3) is 1.00. The highest BCUT2D eigenvalue weighted by atomic mass is 35.5. The van der Waals surface area contributed by atoms with Crippen LogP contribution in [0.25, 0.3) is 0 Å². The smallest absolute Gasteiger partial charge is 0.154 e. The molecular formula is C9H18ClNO. The third-order valence-corrected chi connectivity index (χ3v) is 2.66. The highest BCUT2D eigenvalue weighted by molar-refractivity contribution is 6.23. The first-order chi connectivity index (χ1) is 5.66. The van der Waals surface area contributed by atoms with Gasteiger partial charge in [-0.1, -0.05) is 24.9 Å². The minimum Gasteiger partial charge on any atom is -0.357 e. The summed E-state index contributed by atoms with van der Waals surface area (Å²) in [5, 5.41) is -0.400. The molecule has 1 aliphatic rings. The summed E-state index contributed by atoms with van der Waals surface area (Å²) < 4.78 is 5.56. The molecule has 3 heteroatoms. The van der Waals surface area contributed by atoms with Gasteiger partial charge in [-0.3, -0.25) is 4.90 Å². The maximum Gasteiger partial charge on any atom is 0.154 e. The molecule has 0 bridgehead atoms. The van der Waals surface area contributed by atoms with Gasteiger partial charge in [0, 0.05) is 13.1 Å². The van der Waals surface area contributed by atoms with Crippen LogP contribution in [-0.2, 0) is 4.74 Å². The molecule has 72 valence electrons. The van der Waals surface area contributed by atoms with E-state index in [4.69, 9.17) is 16.3 Å². The van der Waals surface area contributed by atoms with Gasteiger partial charge in [0.1, 0.15) is 0 Å². The molecule has 12 heavy (non-hydrogen) atoms. The van der Waals surface area contributed by atoms with Gasteiger partial charge in [0.05, 0.1) is 6.61 Å². The molecule has 1 heterocycles. The van der Waals surface area contributed by atoms with Crippen LogP contribution in [0.1, 0.15) is 26.2 Å². The van der Waals surface area contributed by atoms with Gasteiger partial charge < -0.3 is 4.74 Å². The van der Waals surface area contributed by atoms with Gasteiger partial charge in [0.2, 0.25) is 0 Å². The lowest BCUT2D eigenvalue weighted by Crippen LogP contribution is -2.46. The Morgan fingerprint density at radius 2 is 2.33 bits per heavy atom. The zero-order valence-electron chi connectivity index (χ0n) is 7.98. The van der Waals surface area contributed by atoms with Crippen molar-refractivity contribution in [3.8, 4) is 0 Å². The van der Waals surface area contributed by atoms with E-state index in [-0.39, 0.29) is 0 Å². The molecule has 0 saturated carbocycles. The first-order valence-corrected chi connectivity index (χ1v) is 5.05. The number of nitrogens with zero attached hydrogens (tertiary/aromatic N) is 1. The monoisotopic (exact) mass is 191 g/mol. The summed E-state index contributed by atoms with van der Waals surface area (Å²) in [4.78, 5) is 2.23. The van der Waals surface area contributed by atoms with Crippen molar-refractivity contribution in [3.05, 3.63) is 0 Å². The minimum absolute atomic E-state index is 0.400. The zero-order valence-corrected chi connectivity index (χ0v) is 8.73. The molecule has 0 amide bonds. The summed E-state index contributed by atoms with van der Waals surface area (Å²) in [5.74, 6) is 0. The Labute approximate surface area is 79.8 Å². The molecular weight excluding hydrogens is 174 g/mol. The second kappa shape index (κ2) is 4.45. The van der Waals surface area contributed by atoms with Crippen molar-refractivity contribution >= 4 is 11.6 Å². The fourth-order valence-corrected chi connectivity index (χ4v) is 1.92. The molecule has 0 N–H and O–H groups in total. The Balaban J connectivity index is 2.35. The van der Waals surface area contributed by atoms with Crippen LogP contribution in [0.4, 0.5) is 0 Å². The van der Waals surface area contributed by atoms with E-state index >= 15 is 0 Å². The topological polar surface area (TPSA) is 12.5 Å². The quantitative estimate of drug-likeness (QED) is 0.634. The second-order valence-electron chi connectivity index (χ2n) is 3.57. The minimum atomic E-state index is -0.400. The first kappa shape index (κ1) is 10.3. The van der Waals surface area contributed by atoms with E-state index in [1.165, 1.54) is 6.42 Å². The normalized spacial score (nSPS) is 32.2. The molecule has 0 aromatic rings. The van der Waals surface area contributed by atoms with Crippen molar-refractivity contribution in [2.75, 3.05) is 26.7 Å². The standard InChI is InChI=1S/C9H18ClNO/c1-3-4-5-9(10)8-11(2)6-7-12-9/h3-8H2,1-2H3. The molecule has 0 spiro atoms. The van der Waals surface area contributed by atoms with Crippen LogP contribution in [0.2, 0.25) is 0 Å². The number of rotatable bonds is 3. The lowest BCUT2D eigenvalue weighted by atomic mass is 10.1. The lowest BCUT2D eigenvalue weighted by molar-refractivity contribution is -0.0535. The Morgan fingerprint density at radius 1 is 1.58 bits per heavy atom. The van der Waals surface area contributed by atoms with E-state index in [1.54, 1.807) is 0 Å². The van der Waals surface area contributed by atoms with Crippen molar-refractivity contribution in [1.29, 1.82) is 0 Å². The number of hydrogen-bond donors (Lipinski definition) is 0. The van der Waals surface area contributed by atoms with E-state index in [0.29, 0.717) is 0 Å². The molecule has 0 aliphatic carbocycles. The van der Waals surface area contributed by atoms with Crippen LogP contribution in [0.5, 0.6) is 0 Å². The third kappa shape index (κ3) is 2.92. The van der Waals surface area contributed by atoms with Crippen molar-refractivity contribution in [3.63, 3.8) is 0 Å². The van der Waals surface area contributed by atoms with Crippen LogP contribution >= 0.6 is 11.6 Å². The molecule has 1 atom stereocenters. The van der Waals surface area contributed by atoms with Gasteiger partial charge >= 0.3 is 0 Å². The van der Waals surface area contributed by atoms with Crippen LogP contribution < -0.4 is 0 Å². The van der Waals surface area contributed by atoms with Gasteiger partial charge in [0.15, 0.2) is 5.06 Å². The summed E-state index contributed by atoms with van der Waals surface area (Å²) in [7, 11) is 2.09. The maximum atomic E-state index is 6.28. The van der Waals surface area contributed by atoms with Crippen LogP contribution in [-0.4, -0.2) is 36.7 Å². The van der Waals surface area contributed by atoms with Gasteiger partial charge in [-0.2, -0.15) is 0 Å². The fourth-order valence-electron chi connectivity index (χ4n) is 1.50. The molecule has 1 rings (SSSR count). The van der Waals surface area contributed by atoms with Crippen molar-refractivity contribution in [2.24, 2.45) is 0 Å². The SMILES string of the molecule is CCCCC1(Cl)CN(C)CCO1. The number of ether oxygens (including phenoxy) is 1. The summed E-state index contributed by atoms with van der Waals surface area (Å²) in [6.07, 6.45) is 3.30. The average Bonchev–Trinajstić information content (AvgIpc) is 2.01. The number of unbranched alkanes of at least 4 members (excludes halogenated alkanes) is 1. The summed E-state index contributed by atoms with van der Waals surface area (Å²) >= 11 is 6.28. The van der Waals surface area contributed by atoms with Gasteiger partial charge in [-0.25, -0.2) is 0 Å². The van der Waals surface area contributed by atoms with E-state index in [2.05, 4.69) is 18.9 Å². The third-order valence-electron chi connectivity index (χ3n) is 2.24. The summed E-state index contributed by atoms with van der Waals surface area (Å²) in [6.45, 7) is 4.80. The van der Waals surface area contributed by atoms with E-state index in [9.17, 15) is 0 Å². The second-order valence-corrected chi connectivity index (χ2v) is 4.26. The first-order valence-electron chi connectivity index (χ1n) is 4.68. The predicted octanol–water partition coefficient (Wildman–Crippen LogP) is 2.07. The molecule has 0 radical (unpaired) electrons. The molecule has 2 nitrogen and oxygen atoms in total. The Bertz CT molecular complexity index is 142. The van der Waals surface area contributed by atoms with Gasteiger partial charge in [-0.05, 0) is 19.9 Å². The molecule has 1 aliphatic heterocycles. The van der Waals surface area contributed by atoms with E-state index in [1.807, 2.05) is 0 Å². The van der Waals surface area contributed by atoms with Crippen molar-refractivity contribution in [2.45, 2.75) is 31.2 Å². The largest absolute Gasteiger partial charge is 0.357 e. The highest BCUT2D eigenvalue weighted by Crippen LogP contribution is 2.27. The molecule has 0 aromatic carbocycles. The maximum absolute atomic E-state index is 6.28. The van der Waals surface area contributed by atoms with E-state index < -0.39 is 5.06 Å². The number of alkyl halides is 1. The highest BCUT2D eigenvalue weighted by Gasteiger charge is 2.32. The summed E-state index contributed by atoms with van der Waals surface area (Å²) in [5.41, 5.74) is 0. The van der Waals surface area contributed by atoms with Crippen LogP contribution in [0, 0.1) is 0 Å². The molecule has 1 fully saturated rings. The Morgan fingerprint density at radius 3 is 2.92 bits per heavy atom. The van der Waals surface area contributed by atoms with Crippen molar-refractivity contribution in [1.82, 2.24) is 4.90 Å². The van der Waals surface area contributed by atoms with Gasteiger partial charge in [0.25, 0.3) is 0 Å². The number of morpholine rings is 1. The number of likely N-dealkylation sites (N-methyl/N-ethyl adjacent to an activating group) is 1. The van der Waals surface area contributed by atoms with Gasteiger partial charge in [-0.15, -0.1) is 0 Å². The molecule has 1 saturated heterocycles. The van der Waals surface area contributed by atoms with Crippen LogP contribution in [0.15, 0.2) is 0 Å². The number of hydrogen-bond acceptors (Lipinski definition) is 2. The summed E-state index contributed by atoms with van der Waals surface area (Å²) in [6, 6.07) is 0. The zero-order chi connectivity index (χ0) is 9.03. The number of halogens is 1.